The van der Waals surface area contributed by atoms with Gasteiger partial charge < -0.3 is 10.1 Å². The van der Waals surface area contributed by atoms with E-state index in [0.29, 0.717) is 0 Å². The van der Waals surface area contributed by atoms with Crippen molar-refractivity contribution in [1.82, 2.24) is 5.32 Å². The van der Waals surface area contributed by atoms with Gasteiger partial charge in [-0.1, -0.05) is 44.6 Å². The standard InChI is InChI=1S/C20H29NO2S/c1-6-16(7-2)15-24-18-12-8-10-17(14-18)11-9-13-21-19(22)23-20(3,4)5/h8,10,12,14,16H,6-7,13,15H2,1-5H3,(H,21,22). The average Bonchev–Trinajstić information content (AvgIpc) is 2.51. The van der Waals surface area contributed by atoms with E-state index in [0.717, 1.165) is 17.2 Å². The highest BCUT2D eigenvalue weighted by atomic mass is 32.2. The minimum atomic E-state index is -0.488. The number of thioether (sulfide) groups is 1. The van der Waals surface area contributed by atoms with Crippen molar-refractivity contribution in [1.29, 1.82) is 0 Å². The third-order valence-corrected chi connectivity index (χ3v) is 4.65. The molecule has 1 rings (SSSR count). The first-order valence-corrected chi connectivity index (χ1v) is 9.51. The van der Waals surface area contributed by atoms with Gasteiger partial charge in [0.25, 0.3) is 0 Å². The van der Waals surface area contributed by atoms with Gasteiger partial charge in [0.2, 0.25) is 0 Å². The van der Waals surface area contributed by atoms with Crippen LogP contribution in [0.2, 0.25) is 0 Å². The van der Waals surface area contributed by atoms with Gasteiger partial charge in [-0.05, 0) is 44.9 Å². The zero-order chi connectivity index (χ0) is 18.0. The molecule has 24 heavy (non-hydrogen) atoms. The molecule has 1 amide bonds. The molecule has 0 radical (unpaired) electrons. The molecule has 132 valence electrons. The highest BCUT2D eigenvalue weighted by molar-refractivity contribution is 7.99. The zero-order valence-corrected chi connectivity index (χ0v) is 16.3. The molecule has 0 heterocycles. The molecule has 0 spiro atoms. The van der Waals surface area contributed by atoms with Crippen LogP contribution in [0.5, 0.6) is 0 Å². The Morgan fingerprint density at radius 3 is 2.62 bits per heavy atom. The number of benzene rings is 1. The average molecular weight is 348 g/mol. The molecule has 0 aliphatic rings. The summed E-state index contributed by atoms with van der Waals surface area (Å²) in [5, 5.41) is 2.64. The van der Waals surface area contributed by atoms with Crippen molar-refractivity contribution in [3.05, 3.63) is 29.8 Å². The fraction of sp³-hybridized carbons (Fsp3) is 0.550. The molecule has 1 aromatic carbocycles. The van der Waals surface area contributed by atoms with E-state index in [9.17, 15) is 4.79 Å². The van der Waals surface area contributed by atoms with Gasteiger partial charge >= 0.3 is 6.09 Å². The summed E-state index contributed by atoms with van der Waals surface area (Å²) in [4.78, 5) is 12.8. The topological polar surface area (TPSA) is 38.3 Å². The molecular weight excluding hydrogens is 318 g/mol. The first kappa shape index (κ1) is 20.4. The van der Waals surface area contributed by atoms with E-state index in [1.165, 1.54) is 17.7 Å². The normalized spacial score (nSPS) is 10.9. The number of rotatable bonds is 6. The maximum atomic E-state index is 11.5. The van der Waals surface area contributed by atoms with Crippen molar-refractivity contribution in [3.8, 4) is 11.8 Å². The van der Waals surface area contributed by atoms with Gasteiger partial charge in [0.1, 0.15) is 5.60 Å². The molecular formula is C20H29NO2S. The summed E-state index contributed by atoms with van der Waals surface area (Å²) < 4.78 is 5.16. The molecule has 3 nitrogen and oxygen atoms in total. The van der Waals surface area contributed by atoms with E-state index in [-0.39, 0.29) is 6.54 Å². The summed E-state index contributed by atoms with van der Waals surface area (Å²) in [5.74, 6) is 7.96. The molecule has 0 aliphatic carbocycles. The van der Waals surface area contributed by atoms with E-state index in [1.54, 1.807) is 0 Å². The van der Waals surface area contributed by atoms with Crippen LogP contribution in [0.15, 0.2) is 29.2 Å². The van der Waals surface area contributed by atoms with Gasteiger partial charge in [-0.15, -0.1) is 11.8 Å². The third kappa shape index (κ3) is 8.88. The number of hydrogen-bond acceptors (Lipinski definition) is 3. The molecule has 0 unspecified atom stereocenters. The van der Waals surface area contributed by atoms with Crippen molar-refractivity contribution < 1.29 is 9.53 Å². The van der Waals surface area contributed by atoms with Crippen molar-refractivity contribution in [3.63, 3.8) is 0 Å². The summed E-state index contributed by atoms with van der Waals surface area (Å²) in [5.41, 5.74) is 0.480. The summed E-state index contributed by atoms with van der Waals surface area (Å²) in [7, 11) is 0. The smallest absolute Gasteiger partial charge is 0.408 e. The fourth-order valence-corrected chi connectivity index (χ4v) is 3.26. The number of ether oxygens (including phenoxy) is 1. The quantitative estimate of drug-likeness (QED) is 0.575. The van der Waals surface area contributed by atoms with Crippen LogP contribution in [-0.4, -0.2) is 24.0 Å². The number of amides is 1. The van der Waals surface area contributed by atoms with Crippen LogP contribution in [0, 0.1) is 17.8 Å². The van der Waals surface area contributed by atoms with Crippen LogP contribution < -0.4 is 5.32 Å². The van der Waals surface area contributed by atoms with E-state index in [4.69, 9.17) is 4.74 Å². The number of carbonyl (C=O) groups is 1. The first-order valence-electron chi connectivity index (χ1n) is 8.52. The van der Waals surface area contributed by atoms with E-state index < -0.39 is 11.7 Å². The van der Waals surface area contributed by atoms with Crippen LogP contribution in [-0.2, 0) is 4.74 Å². The lowest BCUT2D eigenvalue weighted by Gasteiger charge is -2.19. The van der Waals surface area contributed by atoms with E-state index in [1.807, 2.05) is 44.7 Å². The lowest BCUT2D eigenvalue weighted by atomic mass is 10.1. The number of carbonyl (C=O) groups excluding carboxylic acids is 1. The van der Waals surface area contributed by atoms with Crippen LogP contribution in [0.25, 0.3) is 0 Å². The van der Waals surface area contributed by atoms with Gasteiger partial charge in [-0.3, -0.25) is 0 Å². The van der Waals surface area contributed by atoms with Crippen LogP contribution in [0.3, 0.4) is 0 Å². The molecule has 1 aromatic rings. The summed E-state index contributed by atoms with van der Waals surface area (Å²) in [6, 6.07) is 8.24. The molecule has 0 saturated heterocycles. The predicted molar refractivity (Wildman–Crippen MR) is 102 cm³/mol. The summed E-state index contributed by atoms with van der Waals surface area (Å²) >= 11 is 1.88. The van der Waals surface area contributed by atoms with Crippen molar-refractivity contribution in [2.45, 2.75) is 58.0 Å². The Balaban J connectivity index is 2.49. The van der Waals surface area contributed by atoms with Crippen molar-refractivity contribution >= 4 is 17.9 Å². The van der Waals surface area contributed by atoms with Gasteiger partial charge in [0, 0.05) is 16.2 Å². The molecule has 0 aromatic heterocycles. The Labute approximate surface area is 150 Å². The van der Waals surface area contributed by atoms with Crippen molar-refractivity contribution in [2.75, 3.05) is 12.3 Å². The van der Waals surface area contributed by atoms with Gasteiger partial charge in [0.05, 0.1) is 6.54 Å². The summed E-state index contributed by atoms with van der Waals surface area (Å²) in [6.07, 6.45) is 2.00. The maximum absolute atomic E-state index is 11.5. The van der Waals surface area contributed by atoms with Gasteiger partial charge in [0.15, 0.2) is 0 Å². The minimum Gasteiger partial charge on any atom is -0.444 e. The second-order valence-corrected chi connectivity index (χ2v) is 7.77. The summed E-state index contributed by atoms with van der Waals surface area (Å²) in [6.45, 7) is 10.3. The Kier molecular flexibility index (Phi) is 8.78. The second kappa shape index (κ2) is 10.3. The van der Waals surface area contributed by atoms with E-state index in [2.05, 4.69) is 43.1 Å². The Bertz CT molecular complexity index is 577. The highest BCUT2D eigenvalue weighted by Gasteiger charge is 2.15. The molecule has 4 heteroatoms. The Morgan fingerprint density at radius 1 is 1.29 bits per heavy atom. The third-order valence-electron chi connectivity index (χ3n) is 3.43. The van der Waals surface area contributed by atoms with Crippen LogP contribution >= 0.6 is 11.8 Å². The number of alkyl carbamates (subject to hydrolysis) is 1. The second-order valence-electron chi connectivity index (χ2n) is 6.68. The minimum absolute atomic E-state index is 0.278. The van der Waals surface area contributed by atoms with Gasteiger partial charge in [-0.2, -0.15) is 0 Å². The lowest BCUT2D eigenvalue weighted by Crippen LogP contribution is -2.32. The SMILES string of the molecule is CCC(CC)CSc1cccc(C#CCNC(=O)OC(C)(C)C)c1. The largest absolute Gasteiger partial charge is 0.444 e. The molecule has 0 atom stereocenters. The molecule has 0 bridgehead atoms. The number of hydrogen-bond donors (Lipinski definition) is 1. The zero-order valence-electron chi connectivity index (χ0n) is 15.4. The molecule has 0 fully saturated rings. The van der Waals surface area contributed by atoms with Crippen molar-refractivity contribution in [2.24, 2.45) is 5.92 Å². The van der Waals surface area contributed by atoms with E-state index >= 15 is 0 Å². The van der Waals surface area contributed by atoms with Gasteiger partial charge in [-0.25, -0.2) is 4.79 Å². The van der Waals surface area contributed by atoms with Crippen LogP contribution in [0.4, 0.5) is 4.79 Å². The monoisotopic (exact) mass is 347 g/mol. The molecule has 0 saturated carbocycles. The Hall–Kier alpha value is -1.60. The molecule has 0 aliphatic heterocycles. The first-order chi connectivity index (χ1) is 11.3. The molecule has 1 N–H and O–H groups in total. The maximum Gasteiger partial charge on any atom is 0.408 e. The number of nitrogens with one attached hydrogen (secondary N) is 1. The van der Waals surface area contributed by atoms with Crippen LogP contribution in [0.1, 0.15) is 53.0 Å². The Morgan fingerprint density at radius 2 is 2.00 bits per heavy atom. The highest BCUT2D eigenvalue weighted by Crippen LogP contribution is 2.24. The lowest BCUT2D eigenvalue weighted by molar-refractivity contribution is 0.0535. The fourth-order valence-electron chi connectivity index (χ4n) is 1.98. The predicted octanol–water partition coefficient (Wildman–Crippen LogP) is 5.09.